The zero-order valence-electron chi connectivity index (χ0n) is 11.5. The van der Waals surface area contributed by atoms with E-state index in [1.807, 2.05) is 0 Å². The number of nitrogens with two attached hydrogens (primary N) is 1. The first-order chi connectivity index (χ1) is 9.90. The van der Waals surface area contributed by atoms with Crippen molar-refractivity contribution in [2.24, 2.45) is 5.73 Å². The van der Waals surface area contributed by atoms with E-state index < -0.39 is 18.0 Å². The summed E-state index contributed by atoms with van der Waals surface area (Å²) in [5, 5.41) is 0.379. The Kier molecular flexibility index (Phi) is 4.47. The van der Waals surface area contributed by atoms with Crippen molar-refractivity contribution in [3.63, 3.8) is 0 Å². The Morgan fingerprint density at radius 3 is 2.71 bits per heavy atom. The van der Waals surface area contributed by atoms with Gasteiger partial charge in [0.15, 0.2) is 6.10 Å². The van der Waals surface area contributed by atoms with Gasteiger partial charge >= 0.3 is 5.97 Å². The quantitative estimate of drug-likeness (QED) is 0.853. The molecule has 1 saturated heterocycles. The SMILES string of the molecule is C[C@H](OC(=O)c1ccc(Cl)c(N2CCCC2=O)c1)C(N)=O. The average molecular weight is 311 g/mol. The lowest BCUT2D eigenvalue weighted by Gasteiger charge is -2.18. The Bertz CT molecular complexity index is 603. The standard InChI is InChI=1S/C14H15ClN2O4/c1-8(13(16)19)21-14(20)9-4-5-10(15)11(7-9)17-6-2-3-12(17)18/h4-5,7-8H,2-3,6H2,1H3,(H2,16,19)/t8-/m0/s1. The van der Waals surface area contributed by atoms with Gasteiger partial charge in [0.05, 0.1) is 16.3 Å². The third-order valence-corrected chi connectivity index (χ3v) is 3.55. The van der Waals surface area contributed by atoms with Gasteiger partial charge in [0.25, 0.3) is 5.91 Å². The van der Waals surface area contributed by atoms with Crippen LogP contribution in [0.5, 0.6) is 0 Å². The molecular formula is C14H15ClN2O4. The lowest BCUT2D eigenvalue weighted by atomic mass is 10.2. The Labute approximate surface area is 126 Å². The highest BCUT2D eigenvalue weighted by atomic mass is 35.5. The second kappa shape index (κ2) is 6.13. The molecule has 21 heavy (non-hydrogen) atoms. The third kappa shape index (κ3) is 3.33. The Morgan fingerprint density at radius 1 is 1.43 bits per heavy atom. The highest BCUT2D eigenvalue weighted by molar-refractivity contribution is 6.34. The van der Waals surface area contributed by atoms with Crippen LogP contribution in [0.2, 0.25) is 5.02 Å². The minimum absolute atomic E-state index is 0.0343. The second-order valence-electron chi connectivity index (χ2n) is 4.77. The van der Waals surface area contributed by atoms with Crippen molar-refractivity contribution in [2.45, 2.75) is 25.9 Å². The van der Waals surface area contributed by atoms with Crippen LogP contribution in [0.4, 0.5) is 5.69 Å². The van der Waals surface area contributed by atoms with Gasteiger partial charge in [-0.25, -0.2) is 4.79 Å². The van der Waals surface area contributed by atoms with E-state index in [1.54, 1.807) is 0 Å². The minimum Gasteiger partial charge on any atom is -0.449 e. The van der Waals surface area contributed by atoms with Crippen LogP contribution < -0.4 is 10.6 Å². The van der Waals surface area contributed by atoms with Crippen LogP contribution >= 0.6 is 11.6 Å². The maximum absolute atomic E-state index is 11.9. The van der Waals surface area contributed by atoms with Gasteiger partial charge in [0.1, 0.15) is 0 Å². The number of ether oxygens (including phenoxy) is 1. The fourth-order valence-electron chi connectivity index (χ4n) is 2.04. The summed E-state index contributed by atoms with van der Waals surface area (Å²) in [4.78, 5) is 36.2. The number of carbonyl (C=O) groups excluding carboxylic acids is 3. The number of hydrogen-bond acceptors (Lipinski definition) is 4. The molecule has 112 valence electrons. The van der Waals surface area contributed by atoms with E-state index >= 15 is 0 Å². The molecular weight excluding hydrogens is 296 g/mol. The molecule has 2 amide bonds. The van der Waals surface area contributed by atoms with Crippen LogP contribution in [0.25, 0.3) is 0 Å². The predicted octanol–water partition coefficient (Wildman–Crippen LogP) is 1.50. The predicted molar refractivity (Wildman–Crippen MR) is 77.1 cm³/mol. The summed E-state index contributed by atoms with van der Waals surface area (Å²) in [6.07, 6.45) is 0.191. The number of amides is 2. The van der Waals surface area contributed by atoms with E-state index in [1.165, 1.54) is 30.0 Å². The van der Waals surface area contributed by atoms with Crippen molar-refractivity contribution in [2.75, 3.05) is 11.4 Å². The first-order valence-corrected chi connectivity index (χ1v) is 6.88. The fraction of sp³-hybridized carbons (Fsp3) is 0.357. The van der Waals surface area contributed by atoms with Crippen LogP contribution in [-0.4, -0.2) is 30.4 Å². The van der Waals surface area contributed by atoms with Gasteiger partial charge in [-0.1, -0.05) is 11.6 Å². The number of nitrogens with zero attached hydrogens (tertiary/aromatic N) is 1. The first-order valence-electron chi connectivity index (χ1n) is 6.50. The number of carbonyl (C=O) groups is 3. The van der Waals surface area contributed by atoms with Gasteiger partial charge in [0, 0.05) is 13.0 Å². The largest absolute Gasteiger partial charge is 0.449 e. The van der Waals surface area contributed by atoms with Crippen LogP contribution in [0, 0.1) is 0 Å². The Hall–Kier alpha value is -2.08. The molecule has 1 fully saturated rings. The molecule has 2 N–H and O–H groups in total. The Morgan fingerprint density at radius 2 is 2.14 bits per heavy atom. The number of benzene rings is 1. The lowest BCUT2D eigenvalue weighted by Crippen LogP contribution is -2.30. The summed E-state index contributed by atoms with van der Waals surface area (Å²) in [6.45, 7) is 1.95. The molecule has 0 unspecified atom stereocenters. The number of hydrogen-bond donors (Lipinski definition) is 1. The van der Waals surface area contributed by atoms with E-state index in [4.69, 9.17) is 22.1 Å². The molecule has 0 bridgehead atoms. The van der Waals surface area contributed by atoms with Gasteiger partial charge in [-0.05, 0) is 31.5 Å². The lowest BCUT2D eigenvalue weighted by molar-refractivity contribution is -0.125. The average Bonchev–Trinajstić information content (AvgIpc) is 2.85. The maximum atomic E-state index is 11.9. The summed E-state index contributed by atoms with van der Waals surface area (Å²) in [7, 11) is 0. The van der Waals surface area contributed by atoms with Crippen molar-refractivity contribution in [3.05, 3.63) is 28.8 Å². The van der Waals surface area contributed by atoms with E-state index in [9.17, 15) is 14.4 Å². The molecule has 0 aromatic heterocycles. The van der Waals surface area contributed by atoms with Crippen molar-refractivity contribution >= 4 is 35.1 Å². The molecule has 1 aromatic rings. The molecule has 1 aliphatic rings. The molecule has 1 aromatic carbocycles. The summed E-state index contributed by atoms with van der Waals surface area (Å²) in [5.74, 6) is -1.45. The molecule has 7 heteroatoms. The normalized spacial score (nSPS) is 15.9. The van der Waals surface area contributed by atoms with Crippen LogP contribution in [0.15, 0.2) is 18.2 Å². The molecule has 1 atom stereocenters. The molecule has 1 heterocycles. The highest BCUT2D eigenvalue weighted by Crippen LogP contribution is 2.30. The second-order valence-corrected chi connectivity index (χ2v) is 5.17. The van der Waals surface area contributed by atoms with Crippen molar-refractivity contribution in [1.29, 1.82) is 0 Å². The van der Waals surface area contributed by atoms with Gasteiger partial charge < -0.3 is 15.4 Å². The van der Waals surface area contributed by atoms with Crippen LogP contribution in [0.1, 0.15) is 30.1 Å². The number of halogens is 1. The molecule has 0 aliphatic carbocycles. The summed E-state index contributed by atoms with van der Waals surface area (Å²) in [6, 6.07) is 4.48. The highest BCUT2D eigenvalue weighted by Gasteiger charge is 2.25. The monoisotopic (exact) mass is 310 g/mol. The number of anilines is 1. The van der Waals surface area contributed by atoms with Crippen LogP contribution in [-0.2, 0) is 14.3 Å². The first kappa shape index (κ1) is 15.3. The van der Waals surface area contributed by atoms with Gasteiger partial charge in [0.2, 0.25) is 5.91 Å². The van der Waals surface area contributed by atoms with Crippen molar-refractivity contribution in [1.82, 2.24) is 0 Å². The van der Waals surface area contributed by atoms with Gasteiger partial charge in [-0.3, -0.25) is 9.59 Å². The fourth-order valence-corrected chi connectivity index (χ4v) is 2.26. The zero-order valence-corrected chi connectivity index (χ0v) is 12.2. The van der Waals surface area contributed by atoms with Crippen molar-refractivity contribution < 1.29 is 19.1 Å². The molecule has 1 aliphatic heterocycles. The molecule has 6 nitrogen and oxygen atoms in total. The maximum Gasteiger partial charge on any atom is 0.338 e. The number of esters is 1. The molecule has 0 saturated carbocycles. The molecule has 0 spiro atoms. The number of primary amides is 1. The number of rotatable bonds is 4. The third-order valence-electron chi connectivity index (χ3n) is 3.23. The zero-order chi connectivity index (χ0) is 15.6. The van der Waals surface area contributed by atoms with Gasteiger partial charge in [-0.15, -0.1) is 0 Å². The summed E-state index contributed by atoms with van der Waals surface area (Å²) < 4.78 is 4.92. The molecule has 2 rings (SSSR count). The van der Waals surface area contributed by atoms with E-state index in [2.05, 4.69) is 0 Å². The van der Waals surface area contributed by atoms with Crippen molar-refractivity contribution in [3.8, 4) is 0 Å². The Balaban J connectivity index is 2.24. The summed E-state index contributed by atoms with van der Waals surface area (Å²) >= 11 is 6.08. The van der Waals surface area contributed by atoms with E-state index in [0.717, 1.165) is 6.42 Å². The topological polar surface area (TPSA) is 89.7 Å². The van der Waals surface area contributed by atoms with Gasteiger partial charge in [-0.2, -0.15) is 0 Å². The van der Waals surface area contributed by atoms with Crippen LogP contribution in [0.3, 0.4) is 0 Å². The summed E-state index contributed by atoms with van der Waals surface area (Å²) in [5.41, 5.74) is 5.73. The minimum atomic E-state index is -1.02. The smallest absolute Gasteiger partial charge is 0.338 e. The van der Waals surface area contributed by atoms with E-state index in [-0.39, 0.29) is 11.5 Å². The molecule has 0 radical (unpaired) electrons. The van der Waals surface area contributed by atoms with E-state index in [0.29, 0.717) is 23.7 Å².